The highest BCUT2D eigenvalue weighted by Crippen LogP contribution is 2.31. The molecule has 0 amide bonds. The highest BCUT2D eigenvalue weighted by atomic mass is 79.9. The van der Waals surface area contributed by atoms with E-state index in [0.717, 1.165) is 33.8 Å². The number of methoxy groups -OCH3 is 1. The lowest BCUT2D eigenvalue weighted by Crippen LogP contribution is -2.16. The Morgan fingerprint density at radius 1 is 1.47 bits per heavy atom. The number of nitrogens with one attached hydrogen (secondary N) is 2. The monoisotopic (exact) mass is 321 g/mol. The van der Waals surface area contributed by atoms with Crippen molar-refractivity contribution in [2.45, 2.75) is 25.4 Å². The summed E-state index contributed by atoms with van der Waals surface area (Å²) in [4.78, 5) is 7.75. The van der Waals surface area contributed by atoms with Crippen molar-refractivity contribution in [3.63, 3.8) is 0 Å². The lowest BCUT2D eigenvalue weighted by atomic mass is 10.1. The maximum atomic E-state index is 5.39. The normalized spacial score (nSPS) is 14.6. The Balaban J connectivity index is 1.82. The molecule has 0 spiro atoms. The SMILES string of the molecule is COc1ccc(Br)cc1-c1cnc(CNC2CC2)[nH]1. The summed E-state index contributed by atoms with van der Waals surface area (Å²) in [5.41, 5.74) is 1.99. The van der Waals surface area contributed by atoms with E-state index in [0.29, 0.717) is 6.04 Å². The zero-order valence-electron chi connectivity index (χ0n) is 10.7. The van der Waals surface area contributed by atoms with Crippen LogP contribution >= 0.6 is 15.9 Å². The molecule has 0 aliphatic heterocycles. The molecule has 0 saturated heterocycles. The third-order valence-electron chi connectivity index (χ3n) is 3.22. The number of ether oxygens (including phenoxy) is 1. The number of nitrogens with zero attached hydrogens (tertiary/aromatic N) is 1. The van der Waals surface area contributed by atoms with Crippen LogP contribution in [0.2, 0.25) is 0 Å². The summed E-state index contributed by atoms with van der Waals surface area (Å²) < 4.78 is 6.41. The Hall–Kier alpha value is -1.33. The van der Waals surface area contributed by atoms with Crippen LogP contribution in [-0.2, 0) is 6.54 Å². The van der Waals surface area contributed by atoms with E-state index in [1.807, 2.05) is 24.4 Å². The molecule has 4 nitrogen and oxygen atoms in total. The third-order valence-corrected chi connectivity index (χ3v) is 3.71. The largest absolute Gasteiger partial charge is 0.496 e. The van der Waals surface area contributed by atoms with Gasteiger partial charge in [-0.2, -0.15) is 0 Å². The molecular weight excluding hydrogens is 306 g/mol. The van der Waals surface area contributed by atoms with Crippen LogP contribution in [0.1, 0.15) is 18.7 Å². The minimum atomic E-state index is 0.689. The van der Waals surface area contributed by atoms with Crippen LogP contribution in [0.15, 0.2) is 28.9 Å². The van der Waals surface area contributed by atoms with Crippen LogP contribution < -0.4 is 10.1 Å². The Kier molecular flexibility index (Phi) is 3.57. The van der Waals surface area contributed by atoms with Gasteiger partial charge in [0.25, 0.3) is 0 Å². The van der Waals surface area contributed by atoms with Crippen molar-refractivity contribution in [2.24, 2.45) is 0 Å². The predicted octanol–water partition coefficient (Wildman–Crippen LogP) is 3.10. The average Bonchev–Trinajstić information content (AvgIpc) is 3.13. The summed E-state index contributed by atoms with van der Waals surface area (Å²) in [7, 11) is 1.68. The molecule has 1 aromatic carbocycles. The highest BCUT2D eigenvalue weighted by molar-refractivity contribution is 9.10. The molecule has 1 heterocycles. The van der Waals surface area contributed by atoms with Crippen molar-refractivity contribution >= 4 is 15.9 Å². The Bertz CT molecular complexity index is 578. The molecule has 1 aromatic heterocycles. The first-order valence-electron chi connectivity index (χ1n) is 6.37. The van der Waals surface area contributed by atoms with Gasteiger partial charge in [0, 0.05) is 16.1 Å². The summed E-state index contributed by atoms with van der Waals surface area (Å²) in [6.45, 7) is 0.793. The lowest BCUT2D eigenvalue weighted by molar-refractivity contribution is 0.416. The molecule has 2 aromatic rings. The molecule has 3 rings (SSSR count). The molecule has 1 saturated carbocycles. The summed E-state index contributed by atoms with van der Waals surface area (Å²) in [6.07, 6.45) is 4.42. The fourth-order valence-corrected chi connectivity index (χ4v) is 2.37. The van der Waals surface area contributed by atoms with Gasteiger partial charge >= 0.3 is 0 Å². The van der Waals surface area contributed by atoms with Crippen molar-refractivity contribution in [1.82, 2.24) is 15.3 Å². The van der Waals surface area contributed by atoms with Gasteiger partial charge in [-0.1, -0.05) is 15.9 Å². The standard InChI is InChI=1S/C14H16BrN3O/c1-19-13-5-2-9(15)6-11(13)12-7-17-14(18-12)8-16-10-3-4-10/h2,5-7,10,16H,3-4,8H2,1H3,(H,17,18). The maximum absolute atomic E-state index is 5.39. The zero-order valence-corrected chi connectivity index (χ0v) is 12.3. The molecule has 100 valence electrons. The number of imidazole rings is 1. The van der Waals surface area contributed by atoms with Crippen LogP contribution in [0, 0.1) is 0 Å². The van der Waals surface area contributed by atoms with Gasteiger partial charge < -0.3 is 15.0 Å². The van der Waals surface area contributed by atoms with E-state index in [1.54, 1.807) is 7.11 Å². The number of halogens is 1. The number of H-pyrrole nitrogens is 1. The van der Waals surface area contributed by atoms with Crippen molar-refractivity contribution in [2.75, 3.05) is 7.11 Å². The van der Waals surface area contributed by atoms with E-state index in [2.05, 4.69) is 31.2 Å². The van der Waals surface area contributed by atoms with Gasteiger partial charge in [-0.05, 0) is 31.0 Å². The number of aromatic amines is 1. The number of rotatable bonds is 5. The molecule has 5 heteroatoms. The molecule has 2 N–H and O–H groups in total. The average molecular weight is 322 g/mol. The number of benzene rings is 1. The number of hydrogen-bond acceptors (Lipinski definition) is 3. The highest BCUT2D eigenvalue weighted by Gasteiger charge is 2.20. The van der Waals surface area contributed by atoms with Crippen LogP contribution in [-0.4, -0.2) is 23.1 Å². The summed E-state index contributed by atoms with van der Waals surface area (Å²) in [5.74, 6) is 1.80. The van der Waals surface area contributed by atoms with Crippen LogP contribution in [0.3, 0.4) is 0 Å². The van der Waals surface area contributed by atoms with E-state index in [4.69, 9.17) is 4.74 Å². The van der Waals surface area contributed by atoms with Gasteiger partial charge in [0.05, 0.1) is 25.5 Å². The molecule has 1 fully saturated rings. The predicted molar refractivity (Wildman–Crippen MR) is 78.1 cm³/mol. The van der Waals surface area contributed by atoms with E-state index in [1.165, 1.54) is 12.8 Å². The molecule has 19 heavy (non-hydrogen) atoms. The number of hydrogen-bond donors (Lipinski definition) is 2. The van der Waals surface area contributed by atoms with Gasteiger partial charge in [0.2, 0.25) is 0 Å². The van der Waals surface area contributed by atoms with Crippen molar-refractivity contribution in [3.8, 4) is 17.0 Å². The fraction of sp³-hybridized carbons (Fsp3) is 0.357. The lowest BCUT2D eigenvalue weighted by Gasteiger charge is -2.07. The maximum Gasteiger partial charge on any atom is 0.128 e. The molecule has 0 radical (unpaired) electrons. The van der Waals surface area contributed by atoms with Gasteiger partial charge in [0.1, 0.15) is 11.6 Å². The Labute approximate surface area is 120 Å². The zero-order chi connectivity index (χ0) is 13.2. The minimum Gasteiger partial charge on any atom is -0.496 e. The van der Waals surface area contributed by atoms with Crippen molar-refractivity contribution in [1.29, 1.82) is 0 Å². The summed E-state index contributed by atoms with van der Waals surface area (Å²) >= 11 is 3.49. The van der Waals surface area contributed by atoms with Gasteiger partial charge in [0.15, 0.2) is 0 Å². The van der Waals surface area contributed by atoms with E-state index < -0.39 is 0 Å². The third kappa shape index (κ3) is 2.98. The Morgan fingerprint density at radius 3 is 3.05 bits per heavy atom. The molecule has 0 unspecified atom stereocenters. The first-order valence-corrected chi connectivity index (χ1v) is 7.17. The van der Waals surface area contributed by atoms with Gasteiger partial charge in [-0.25, -0.2) is 4.98 Å². The van der Waals surface area contributed by atoms with Crippen LogP contribution in [0.25, 0.3) is 11.3 Å². The fourth-order valence-electron chi connectivity index (χ4n) is 2.01. The first-order chi connectivity index (χ1) is 9.26. The summed E-state index contributed by atoms with van der Waals surface area (Å²) in [5, 5.41) is 3.44. The summed E-state index contributed by atoms with van der Waals surface area (Å²) in [6, 6.07) is 6.63. The molecular formula is C14H16BrN3O. The topological polar surface area (TPSA) is 49.9 Å². The quantitative estimate of drug-likeness (QED) is 0.889. The second-order valence-corrected chi connectivity index (χ2v) is 5.66. The molecule has 1 aliphatic carbocycles. The van der Waals surface area contributed by atoms with E-state index in [-0.39, 0.29) is 0 Å². The van der Waals surface area contributed by atoms with Crippen molar-refractivity contribution in [3.05, 3.63) is 34.7 Å². The Morgan fingerprint density at radius 2 is 2.32 bits per heavy atom. The van der Waals surface area contributed by atoms with E-state index >= 15 is 0 Å². The van der Waals surface area contributed by atoms with Crippen LogP contribution in [0.5, 0.6) is 5.75 Å². The molecule has 1 aliphatic rings. The van der Waals surface area contributed by atoms with Crippen molar-refractivity contribution < 1.29 is 4.74 Å². The van der Waals surface area contributed by atoms with Crippen LogP contribution in [0.4, 0.5) is 0 Å². The van der Waals surface area contributed by atoms with Gasteiger partial charge in [-0.15, -0.1) is 0 Å². The second kappa shape index (κ2) is 5.35. The van der Waals surface area contributed by atoms with Gasteiger partial charge in [-0.3, -0.25) is 0 Å². The second-order valence-electron chi connectivity index (χ2n) is 4.74. The number of aromatic nitrogens is 2. The minimum absolute atomic E-state index is 0.689. The smallest absolute Gasteiger partial charge is 0.128 e. The van der Waals surface area contributed by atoms with E-state index in [9.17, 15) is 0 Å². The molecule has 0 atom stereocenters. The first kappa shape index (κ1) is 12.7. The molecule has 0 bridgehead atoms.